The maximum absolute atomic E-state index is 13.2. The fraction of sp³-hybridized carbons (Fsp3) is 0.684. The van der Waals surface area contributed by atoms with Crippen molar-refractivity contribution in [2.24, 2.45) is 11.3 Å². The SMILES string of the molecule is Cc1c(C(=O)N2CC3CNCC3(CN(C)C)C2)[nH]c2c1C(=O)CCC2.Cl.Cl. The summed E-state index contributed by atoms with van der Waals surface area (Å²) >= 11 is 0. The van der Waals surface area contributed by atoms with Crippen LogP contribution in [-0.2, 0) is 6.42 Å². The third kappa shape index (κ3) is 3.65. The van der Waals surface area contributed by atoms with Gasteiger partial charge in [-0.05, 0) is 45.3 Å². The zero-order chi connectivity index (χ0) is 17.8. The Balaban J connectivity index is 0.00000131. The highest BCUT2D eigenvalue weighted by molar-refractivity contribution is 6.04. The van der Waals surface area contributed by atoms with Gasteiger partial charge in [0.15, 0.2) is 5.78 Å². The Hall–Kier alpha value is -1.08. The van der Waals surface area contributed by atoms with Crippen molar-refractivity contribution < 1.29 is 9.59 Å². The number of H-pyrrole nitrogens is 1. The molecule has 3 heterocycles. The van der Waals surface area contributed by atoms with Crippen molar-refractivity contribution >= 4 is 36.5 Å². The average molecular weight is 417 g/mol. The van der Waals surface area contributed by atoms with E-state index < -0.39 is 0 Å². The van der Waals surface area contributed by atoms with E-state index in [0.29, 0.717) is 18.0 Å². The van der Waals surface area contributed by atoms with Gasteiger partial charge < -0.3 is 20.1 Å². The van der Waals surface area contributed by atoms with Gasteiger partial charge in [0.05, 0.1) is 0 Å². The fourth-order valence-corrected chi connectivity index (χ4v) is 5.18. The lowest BCUT2D eigenvalue weighted by atomic mass is 9.80. The molecule has 0 spiro atoms. The first-order valence-electron chi connectivity index (χ1n) is 9.31. The van der Waals surface area contributed by atoms with E-state index in [2.05, 4.69) is 29.3 Å². The number of aromatic nitrogens is 1. The Morgan fingerprint density at radius 1 is 1.30 bits per heavy atom. The van der Waals surface area contributed by atoms with Crippen LogP contribution in [0.15, 0.2) is 0 Å². The Morgan fingerprint density at radius 3 is 2.70 bits per heavy atom. The number of ketones is 1. The van der Waals surface area contributed by atoms with Gasteiger partial charge in [-0.25, -0.2) is 0 Å². The quantitative estimate of drug-likeness (QED) is 0.789. The zero-order valence-electron chi connectivity index (χ0n) is 16.3. The number of aryl methyl sites for hydroxylation is 1. The number of halogens is 2. The number of aromatic amines is 1. The molecule has 2 unspecified atom stereocenters. The van der Waals surface area contributed by atoms with Crippen LogP contribution in [0.25, 0.3) is 0 Å². The summed E-state index contributed by atoms with van der Waals surface area (Å²) in [5.41, 5.74) is 3.37. The molecule has 1 aromatic rings. The van der Waals surface area contributed by atoms with Gasteiger partial charge in [0.25, 0.3) is 5.91 Å². The number of fused-ring (bicyclic) bond motifs is 2. The van der Waals surface area contributed by atoms with Crippen molar-refractivity contribution in [3.63, 3.8) is 0 Å². The summed E-state index contributed by atoms with van der Waals surface area (Å²) in [5, 5.41) is 3.51. The largest absolute Gasteiger partial charge is 0.354 e. The summed E-state index contributed by atoms with van der Waals surface area (Å²) in [7, 11) is 4.20. The van der Waals surface area contributed by atoms with Crippen LogP contribution in [0.2, 0.25) is 0 Å². The van der Waals surface area contributed by atoms with Gasteiger partial charge in [-0.15, -0.1) is 24.8 Å². The lowest BCUT2D eigenvalue weighted by Crippen LogP contribution is -2.42. The van der Waals surface area contributed by atoms with Crippen molar-refractivity contribution in [2.45, 2.75) is 26.2 Å². The summed E-state index contributed by atoms with van der Waals surface area (Å²) in [5.74, 6) is 0.748. The molecule has 2 N–H and O–H groups in total. The van der Waals surface area contributed by atoms with Crippen LogP contribution >= 0.6 is 24.8 Å². The molecule has 0 bridgehead atoms. The molecule has 0 saturated carbocycles. The second-order valence-corrected chi connectivity index (χ2v) is 8.37. The van der Waals surface area contributed by atoms with E-state index in [1.54, 1.807) is 0 Å². The van der Waals surface area contributed by atoms with Crippen molar-refractivity contribution in [1.82, 2.24) is 20.1 Å². The number of likely N-dealkylation sites (tertiary alicyclic amines) is 1. The minimum atomic E-state index is 0. The molecule has 27 heavy (non-hydrogen) atoms. The molecular weight excluding hydrogens is 387 g/mol. The van der Waals surface area contributed by atoms with Crippen LogP contribution in [0.3, 0.4) is 0 Å². The molecule has 152 valence electrons. The Morgan fingerprint density at radius 2 is 2.04 bits per heavy atom. The van der Waals surface area contributed by atoms with Crippen LogP contribution in [0, 0.1) is 18.3 Å². The lowest BCUT2D eigenvalue weighted by molar-refractivity contribution is 0.0758. The first-order valence-corrected chi connectivity index (χ1v) is 9.31. The number of hydrogen-bond acceptors (Lipinski definition) is 4. The number of Topliss-reactive ketones (excluding diaryl/α,β-unsaturated/α-hetero) is 1. The number of nitrogens with one attached hydrogen (secondary N) is 2. The van der Waals surface area contributed by atoms with Crippen molar-refractivity contribution in [2.75, 3.05) is 46.8 Å². The Kier molecular flexibility index (Phi) is 6.67. The molecule has 1 amide bonds. The van der Waals surface area contributed by atoms with Gasteiger partial charge in [0, 0.05) is 55.8 Å². The molecule has 6 nitrogen and oxygen atoms in total. The number of carbonyl (C=O) groups is 2. The molecule has 1 aliphatic carbocycles. The number of amides is 1. The molecule has 8 heteroatoms. The topological polar surface area (TPSA) is 68.4 Å². The standard InChI is InChI=1S/C19H28N4O2.2ClH/c1-12-16-14(5-4-6-15(16)24)21-17(12)18(25)23-8-13-7-20-9-19(13,11-23)10-22(2)3;;/h13,20-21H,4-11H2,1-3H3;2*1H. The minimum Gasteiger partial charge on any atom is -0.354 e. The van der Waals surface area contributed by atoms with Crippen LogP contribution in [0.5, 0.6) is 0 Å². The van der Waals surface area contributed by atoms with Crippen molar-refractivity contribution in [3.05, 3.63) is 22.5 Å². The molecular formula is C19H30Cl2N4O2. The van der Waals surface area contributed by atoms with E-state index in [1.165, 1.54) is 0 Å². The van der Waals surface area contributed by atoms with Gasteiger partial charge in [0.2, 0.25) is 0 Å². The van der Waals surface area contributed by atoms with E-state index in [1.807, 2.05) is 11.8 Å². The van der Waals surface area contributed by atoms with Crippen molar-refractivity contribution in [1.29, 1.82) is 0 Å². The molecule has 2 atom stereocenters. The van der Waals surface area contributed by atoms with Crippen LogP contribution in [0.4, 0.5) is 0 Å². The normalized spacial score (nSPS) is 26.4. The van der Waals surface area contributed by atoms with Gasteiger partial charge in [-0.1, -0.05) is 0 Å². The lowest BCUT2D eigenvalue weighted by Gasteiger charge is -2.31. The second kappa shape index (κ2) is 8.11. The van der Waals surface area contributed by atoms with E-state index in [9.17, 15) is 9.59 Å². The number of nitrogens with zero attached hydrogens (tertiary/aromatic N) is 2. The predicted octanol–water partition coefficient (Wildman–Crippen LogP) is 1.91. The Bertz CT molecular complexity index is 734. The van der Waals surface area contributed by atoms with E-state index in [4.69, 9.17) is 0 Å². The van der Waals surface area contributed by atoms with E-state index in [0.717, 1.165) is 62.4 Å². The Labute approximate surface area is 173 Å². The minimum absolute atomic E-state index is 0. The number of hydrogen-bond donors (Lipinski definition) is 2. The van der Waals surface area contributed by atoms with Gasteiger partial charge in [-0.3, -0.25) is 9.59 Å². The fourth-order valence-electron chi connectivity index (χ4n) is 5.18. The summed E-state index contributed by atoms with van der Waals surface area (Å²) in [6.07, 6.45) is 2.35. The van der Waals surface area contributed by atoms with Crippen molar-refractivity contribution in [3.8, 4) is 0 Å². The van der Waals surface area contributed by atoms with Crippen LogP contribution in [-0.4, -0.2) is 73.3 Å². The zero-order valence-corrected chi connectivity index (χ0v) is 17.9. The molecule has 2 fully saturated rings. The summed E-state index contributed by atoms with van der Waals surface area (Å²) < 4.78 is 0. The van der Waals surface area contributed by atoms with Gasteiger partial charge in [0.1, 0.15) is 5.69 Å². The number of rotatable bonds is 3. The maximum Gasteiger partial charge on any atom is 0.270 e. The van der Waals surface area contributed by atoms with Gasteiger partial charge in [-0.2, -0.15) is 0 Å². The van der Waals surface area contributed by atoms with Gasteiger partial charge >= 0.3 is 0 Å². The average Bonchev–Trinajstić information content (AvgIpc) is 3.17. The molecule has 2 saturated heterocycles. The molecule has 2 aliphatic heterocycles. The predicted molar refractivity (Wildman–Crippen MR) is 111 cm³/mol. The first kappa shape index (κ1) is 22.2. The maximum atomic E-state index is 13.2. The molecule has 0 aromatic carbocycles. The molecule has 0 radical (unpaired) electrons. The summed E-state index contributed by atoms with van der Waals surface area (Å²) in [4.78, 5) is 33.0. The highest BCUT2D eigenvalue weighted by Gasteiger charge is 2.51. The highest BCUT2D eigenvalue weighted by Crippen LogP contribution is 2.40. The van der Waals surface area contributed by atoms with Crippen LogP contribution < -0.4 is 5.32 Å². The summed E-state index contributed by atoms with van der Waals surface area (Å²) in [6.45, 7) is 6.46. The third-order valence-corrected chi connectivity index (χ3v) is 6.25. The monoisotopic (exact) mass is 416 g/mol. The smallest absolute Gasteiger partial charge is 0.270 e. The van der Waals surface area contributed by atoms with Crippen LogP contribution in [0.1, 0.15) is 44.9 Å². The highest BCUT2D eigenvalue weighted by atomic mass is 35.5. The number of carbonyl (C=O) groups excluding carboxylic acids is 2. The summed E-state index contributed by atoms with van der Waals surface area (Å²) in [6, 6.07) is 0. The van der Waals surface area contributed by atoms with E-state index >= 15 is 0 Å². The molecule has 3 aliphatic rings. The second-order valence-electron chi connectivity index (χ2n) is 8.37. The van der Waals surface area contributed by atoms with E-state index in [-0.39, 0.29) is 41.9 Å². The molecule has 4 rings (SSSR count). The molecule has 1 aromatic heterocycles. The first-order chi connectivity index (χ1) is 11.9. The third-order valence-electron chi connectivity index (χ3n) is 6.25.